The zero-order chi connectivity index (χ0) is 19.8. The molecule has 0 atom stereocenters. The van der Waals surface area contributed by atoms with Gasteiger partial charge in [0, 0.05) is 11.0 Å². The first kappa shape index (κ1) is 21.0. The van der Waals surface area contributed by atoms with Crippen molar-refractivity contribution < 1.29 is 14.3 Å². The van der Waals surface area contributed by atoms with Crippen molar-refractivity contribution in [1.82, 2.24) is 5.32 Å². The van der Waals surface area contributed by atoms with Crippen molar-refractivity contribution in [2.45, 2.75) is 33.6 Å². The molecule has 2 rings (SSSR count). The van der Waals surface area contributed by atoms with Crippen molar-refractivity contribution in [2.24, 2.45) is 0 Å². The van der Waals surface area contributed by atoms with Crippen LogP contribution in [0.15, 0.2) is 40.9 Å². The summed E-state index contributed by atoms with van der Waals surface area (Å²) in [5.41, 5.74) is 2.82. The summed E-state index contributed by atoms with van der Waals surface area (Å²) in [6.45, 7) is 6.41. The lowest BCUT2D eigenvalue weighted by atomic mass is 10.1. The van der Waals surface area contributed by atoms with E-state index in [2.05, 4.69) is 33.5 Å². The predicted octanol–water partition coefficient (Wildman–Crippen LogP) is 4.61. The number of halogens is 1. The number of nitrogens with one attached hydrogen (secondary N) is 2. The van der Waals surface area contributed by atoms with Gasteiger partial charge < -0.3 is 15.4 Å². The van der Waals surface area contributed by atoms with Crippen LogP contribution < -0.4 is 15.4 Å². The molecule has 2 amide bonds. The van der Waals surface area contributed by atoms with E-state index in [0.29, 0.717) is 23.5 Å². The highest BCUT2D eigenvalue weighted by Crippen LogP contribution is 2.27. The van der Waals surface area contributed by atoms with Gasteiger partial charge in [0.15, 0.2) is 6.61 Å². The molecule has 0 aliphatic rings. The summed E-state index contributed by atoms with van der Waals surface area (Å²) in [4.78, 5) is 24.7. The zero-order valence-electron chi connectivity index (χ0n) is 15.9. The van der Waals surface area contributed by atoms with E-state index < -0.39 is 0 Å². The van der Waals surface area contributed by atoms with E-state index in [1.165, 1.54) is 0 Å². The van der Waals surface area contributed by atoms with Gasteiger partial charge in [0.1, 0.15) is 5.75 Å². The predicted molar refractivity (Wildman–Crippen MR) is 111 cm³/mol. The smallest absolute Gasteiger partial charge is 0.262 e. The van der Waals surface area contributed by atoms with Crippen LogP contribution in [0.4, 0.5) is 5.69 Å². The van der Waals surface area contributed by atoms with Crippen LogP contribution in [0.1, 0.15) is 41.3 Å². The fourth-order valence-corrected chi connectivity index (χ4v) is 3.40. The van der Waals surface area contributed by atoms with Crippen molar-refractivity contribution in [1.29, 1.82) is 0 Å². The molecule has 2 N–H and O–H groups in total. The molecule has 144 valence electrons. The summed E-state index contributed by atoms with van der Waals surface area (Å²) in [5.74, 6) is 0.185. The van der Waals surface area contributed by atoms with Crippen LogP contribution in [0.5, 0.6) is 5.75 Å². The van der Waals surface area contributed by atoms with E-state index in [4.69, 9.17) is 4.74 Å². The standard InChI is InChI=1S/C21H25BrN2O3/c1-4-5-10-23-21(26)17-8-6-7-9-18(17)24-19(25)13-27-20-14(2)11-16(22)12-15(20)3/h6-9,11-12H,4-5,10,13H2,1-3H3,(H,23,26)(H,24,25). The molecule has 0 unspecified atom stereocenters. The topological polar surface area (TPSA) is 67.4 Å². The molecule has 0 aliphatic heterocycles. The number of carbonyl (C=O) groups is 2. The third kappa shape index (κ3) is 6.10. The minimum atomic E-state index is -0.314. The van der Waals surface area contributed by atoms with Crippen LogP contribution in [-0.4, -0.2) is 25.0 Å². The van der Waals surface area contributed by atoms with E-state index in [0.717, 1.165) is 28.4 Å². The number of hydrogen-bond donors (Lipinski definition) is 2. The Morgan fingerprint density at radius 3 is 2.44 bits per heavy atom. The highest BCUT2D eigenvalue weighted by molar-refractivity contribution is 9.10. The van der Waals surface area contributed by atoms with Gasteiger partial charge in [0.05, 0.1) is 11.3 Å². The Hall–Kier alpha value is -2.34. The molecule has 0 heterocycles. The normalized spacial score (nSPS) is 10.4. The summed E-state index contributed by atoms with van der Waals surface area (Å²) in [6, 6.07) is 10.8. The van der Waals surface area contributed by atoms with Gasteiger partial charge in [-0.15, -0.1) is 0 Å². The van der Waals surface area contributed by atoms with Crippen molar-refractivity contribution in [2.75, 3.05) is 18.5 Å². The number of amides is 2. The maximum absolute atomic E-state index is 12.3. The van der Waals surface area contributed by atoms with Gasteiger partial charge in [0.2, 0.25) is 0 Å². The van der Waals surface area contributed by atoms with E-state index in [-0.39, 0.29) is 18.4 Å². The van der Waals surface area contributed by atoms with E-state index >= 15 is 0 Å². The van der Waals surface area contributed by atoms with Gasteiger partial charge in [-0.25, -0.2) is 0 Å². The van der Waals surface area contributed by atoms with Crippen LogP contribution in [0, 0.1) is 13.8 Å². The van der Waals surface area contributed by atoms with E-state index in [1.54, 1.807) is 24.3 Å². The van der Waals surface area contributed by atoms with Crippen molar-refractivity contribution in [3.63, 3.8) is 0 Å². The maximum Gasteiger partial charge on any atom is 0.262 e. The van der Waals surface area contributed by atoms with Gasteiger partial charge in [0.25, 0.3) is 11.8 Å². The highest BCUT2D eigenvalue weighted by atomic mass is 79.9. The number of hydrogen-bond acceptors (Lipinski definition) is 3. The van der Waals surface area contributed by atoms with Crippen LogP contribution in [-0.2, 0) is 4.79 Å². The summed E-state index contributed by atoms with van der Waals surface area (Å²) in [6.07, 6.45) is 1.92. The fourth-order valence-electron chi connectivity index (χ4n) is 2.71. The first-order chi connectivity index (χ1) is 12.9. The number of carbonyl (C=O) groups excluding carboxylic acids is 2. The first-order valence-electron chi connectivity index (χ1n) is 8.99. The Morgan fingerprint density at radius 2 is 1.78 bits per heavy atom. The van der Waals surface area contributed by atoms with E-state index in [1.807, 2.05) is 26.0 Å². The number of aryl methyl sites for hydroxylation is 2. The van der Waals surface area contributed by atoms with Gasteiger partial charge in [-0.2, -0.15) is 0 Å². The molecule has 0 aromatic heterocycles. The average molecular weight is 433 g/mol. The summed E-state index contributed by atoms with van der Waals surface area (Å²) in [5, 5.41) is 5.63. The summed E-state index contributed by atoms with van der Waals surface area (Å²) < 4.78 is 6.67. The minimum Gasteiger partial charge on any atom is -0.483 e. The lowest BCUT2D eigenvalue weighted by molar-refractivity contribution is -0.118. The second kappa shape index (κ2) is 10.1. The third-order valence-electron chi connectivity index (χ3n) is 4.03. The number of ether oxygens (including phenoxy) is 1. The van der Waals surface area contributed by atoms with E-state index in [9.17, 15) is 9.59 Å². The monoisotopic (exact) mass is 432 g/mol. The molecule has 0 bridgehead atoms. The SMILES string of the molecule is CCCCNC(=O)c1ccccc1NC(=O)COc1c(C)cc(Br)cc1C. The Bertz CT molecular complexity index is 798. The Balaban J connectivity index is 2.01. The van der Waals surface area contributed by atoms with Crippen LogP contribution in [0.3, 0.4) is 0 Å². The molecule has 5 nitrogen and oxygen atoms in total. The molecule has 2 aromatic rings. The van der Waals surface area contributed by atoms with Crippen molar-refractivity contribution in [3.8, 4) is 5.75 Å². The second-order valence-electron chi connectivity index (χ2n) is 6.36. The second-order valence-corrected chi connectivity index (χ2v) is 7.28. The quantitative estimate of drug-likeness (QED) is 0.598. The van der Waals surface area contributed by atoms with Crippen LogP contribution >= 0.6 is 15.9 Å². The van der Waals surface area contributed by atoms with Gasteiger partial charge in [-0.05, 0) is 55.7 Å². The molecule has 0 saturated carbocycles. The molecule has 2 aromatic carbocycles. The Kier molecular flexibility index (Phi) is 7.85. The fraction of sp³-hybridized carbons (Fsp3) is 0.333. The lowest BCUT2D eigenvalue weighted by Crippen LogP contribution is -2.27. The van der Waals surface area contributed by atoms with Crippen molar-refractivity contribution >= 4 is 33.4 Å². The first-order valence-corrected chi connectivity index (χ1v) is 9.78. The molecule has 0 aliphatic carbocycles. The largest absolute Gasteiger partial charge is 0.483 e. The Labute approximate surface area is 168 Å². The number of anilines is 1. The van der Waals surface area contributed by atoms with Crippen molar-refractivity contribution in [3.05, 3.63) is 57.6 Å². The lowest BCUT2D eigenvalue weighted by Gasteiger charge is -2.14. The highest BCUT2D eigenvalue weighted by Gasteiger charge is 2.14. The molecule has 0 radical (unpaired) electrons. The average Bonchev–Trinajstić information content (AvgIpc) is 2.61. The number of unbranched alkanes of at least 4 members (excludes halogenated alkanes) is 1. The van der Waals surface area contributed by atoms with Gasteiger partial charge >= 0.3 is 0 Å². The van der Waals surface area contributed by atoms with Crippen LogP contribution in [0.2, 0.25) is 0 Å². The molecular weight excluding hydrogens is 408 g/mol. The molecule has 0 fully saturated rings. The minimum absolute atomic E-state index is 0.130. The molecule has 27 heavy (non-hydrogen) atoms. The Morgan fingerprint density at radius 1 is 1.11 bits per heavy atom. The third-order valence-corrected chi connectivity index (χ3v) is 4.49. The van der Waals surface area contributed by atoms with Gasteiger partial charge in [-0.3, -0.25) is 9.59 Å². The zero-order valence-corrected chi connectivity index (χ0v) is 17.5. The number of benzene rings is 2. The maximum atomic E-state index is 12.3. The summed E-state index contributed by atoms with van der Waals surface area (Å²) in [7, 11) is 0. The molecule has 0 saturated heterocycles. The summed E-state index contributed by atoms with van der Waals surface area (Å²) >= 11 is 3.44. The number of rotatable bonds is 8. The van der Waals surface area contributed by atoms with Crippen LogP contribution in [0.25, 0.3) is 0 Å². The van der Waals surface area contributed by atoms with Gasteiger partial charge in [-0.1, -0.05) is 41.4 Å². The number of para-hydroxylation sites is 1. The molecular formula is C21H25BrN2O3. The molecule has 0 spiro atoms. The molecule has 6 heteroatoms.